The van der Waals surface area contributed by atoms with E-state index in [1.54, 1.807) is 12.1 Å². The smallest absolute Gasteiger partial charge is 0.152 e. The molecule has 0 saturated carbocycles. The van der Waals surface area contributed by atoms with Gasteiger partial charge in [0.25, 0.3) is 0 Å². The minimum atomic E-state index is -0.284. The van der Waals surface area contributed by atoms with Crippen molar-refractivity contribution < 1.29 is 9.18 Å². The Labute approximate surface area is 135 Å². The molecule has 0 aliphatic rings. The van der Waals surface area contributed by atoms with E-state index >= 15 is 0 Å². The molecule has 3 aromatic rings. The van der Waals surface area contributed by atoms with E-state index in [0.717, 1.165) is 28.8 Å². The van der Waals surface area contributed by atoms with Gasteiger partial charge in [0.1, 0.15) is 5.82 Å². The van der Waals surface area contributed by atoms with E-state index in [1.165, 1.54) is 12.1 Å². The van der Waals surface area contributed by atoms with Crippen LogP contribution in [-0.2, 0) is 0 Å². The van der Waals surface area contributed by atoms with Gasteiger partial charge in [-0.25, -0.2) is 4.39 Å². The van der Waals surface area contributed by atoms with Crippen LogP contribution in [0, 0.1) is 5.82 Å². The van der Waals surface area contributed by atoms with Crippen molar-refractivity contribution in [3.63, 3.8) is 0 Å². The fourth-order valence-electron chi connectivity index (χ4n) is 2.91. The molecule has 0 bridgehead atoms. The zero-order valence-corrected chi connectivity index (χ0v) is 13.2. The topological polar surface area (TPSA) is 22.0 Å². The van der Waals surface area contributed by atoms with Crippen LogP contribution in [0.25, 0.3) is 16.8 Å². The van der Waals surface area contributed by atoms with Gasteiger partial charge in [-0.1, -0.05) is 44.2 Å². The average Bonchev–Trinajstić information content (AvgIpc) is 2.96. The van der Waals surface area contributed by atoms with Crippen molar-refractivity contribution in [2.45, 2.75) is 19.8 Å². The van der Waals surface area contributed by atoms with Crippen molar-refractivity contribution in [3.05, 3.63) is 77.9 Å². The molecule has 0 amide bonds. The lowest BCUT2D eigenvalue weighted by Crippen LogP contribution is -2.03. The highest BCUT2D eigenvalue weighted by Gasteiger charge is 2.19. The Morgan fingerprint density at radius 3 is 2.22 bits per heavy atom. The molecule has 3 rings (SSSR count). The molecule has 0 saturated heterocycles. The number of aldehydes is 1. The predicted molar refractivity (Wildman–Crippen MR) is 90.6 cm³/mol. The first kappa shape index (κ1) is 15.2. The lowest BCUT2D eigenvalue weighted by Gasteiger charge is -2.12. The van der Waals surface area contributed by atoms with Gasteiger partial charge in [0.2, 0.25) is 0 Å². The number of aromatic nitrogens is 1. The molecule has 0 unspecified atom stereocenters. The van der Waals surface area contributed by atoms with Crippen LogP contribution in [0.3, 0.4) is 0 Å². The lowest BCUT2D eigenvalue weighted by molar-refractivity contribution is 0.112. The number of rotatable bonds is 4. The first-order chi connectivity index (χ1) is 11.1. The number of hydrogen-bond acceptors (Lipinski definition) is 1. The van der Waals surface area contributed by atoms with Gasteiger partial charge >= 0.3 is 0 Å². The maximum absolute atomic E-state index is 13.2. The van der Waals surface area contributed by atoms with Gasteiger partial charge in [-0.2, -0.15) is 0 Å². The van der Waals surface area contributed by atoms with E-state index in [-0.39, 0.29) is 11.7 Å². The third-order valence-electron chi connectivity index (χ3n) is 3.94. The molecule has 0 spiro atoms. The minimum Gasteiger partial charge on any atom is -0.319 e. The molecule has 2 aromatic carbocycles. The van der Waals surface area contributed by atoms with Crippen LogP contribution >= 0.6 is 0 Å². The van der Waals surface area contributed by atoms with Crippen LogP contribution in [0.4, 0.5) is 4.39 Å². The van der Waals surface area contributed by atoms with Crippen molar-refractivity contribution in [1.82, 2.24) is 4.57 Å². The summed E-state index contributed by atoms with van der Waals surface area (Å²) in [4.78, 5) is 11.8. The van der Waals surface area contributed by atoms with Crippen LogP contribution in [0.15, 0.2) is 60.8 Å². The Kier molecular flexibility index (Phi) is 4.11. The number of carbonyl (C=O) groups excluding carboxylic acids is 1. The Hall–Kier alpha value is -2.68. The van der Waals surface area contributed by atoms with Gasteiger partial charge in [0, 0.05) is 28.7 Å². The SMILES string of the molecule is CC(C)c1c(C=O)c(-c2ccc(F)cc2)cn1-c1ccccc1. The maximum atomic E-state index is 13.2. The molecular formula is C20H18FNO. The number of carbonyl (C=O) groups is 1. The fourth-order valence-corrected chi connectivity index (χ4v) is 2.91. The Bertz CT molecular complexity index is 817. The number of para-hydroxylation sites is 1. The molecule has 1 aromatic heterocycles. The van der Waals surface area contributed by atoms with Gasteiger partial charge in [-0.05, 0) is 35.7 Å². The first-order valence-electron chi connectivity index (χ1n) is 7.63. The number of benzene rings is 2. The standard InChI is InChI=1S/C20H18FNO/c1-14(2)20-19(13-23)18(15-8-10-16(21)11-9-15)12-22(20)17-6-4-3-5-7-17/h3-14H,1-2H3. The molecule has 2 nitrogen and oxygen atoms in total. The van der Waals surface area contributed by atoms with Gasteiger partial charge in [-0.15, -0.1) is 0 Å². The summed E-state index contributed by atoms with van der Waals surface area (Å²) >= 11 is 0. The summed E-state index contributed by atoms with van der Waals surface area (Å²) in [6.07, 6.45) is 2.86. The molecule has 1 heterocycles. The second-order valence-electron chi connectivity index (χ2n) is 5.83. The van der Waals surface area contributed by atoms with E-state index in [2.05, 4.69) is 13.8 Å². The van der Waals surface area contributed by atoms with E-state index < -0.39 is 0 Å². The molecule has 0 aliphatic heterocycles. The van der Waals surface area contributed by atoms with Gasteiger partial charge in [-0.3, -0.25) is 4.79 Å². The molecule has 116 valence electrons. The lowest BCUT2D eigenvalue weighted by atomic mass is 9.99. The fraction of sp³-hybridized carbons (Fsp3) is 0.150. The molecule has 0 radical (unpaired) electrons. The summed E-state index contributed by atoms with van der Waals surface area (Å²) in [7, 11) is 0. The van der Waals surface area contributed by atoms with Crippen molar-refractivity contribution in [2.24, 2.45) is 0 Å². The quantitative estimate of drug-likeness (QED) is 0.606. The molecule has 0 N–H and O–H groups in total. The normalized spacial score (nSPS) is 11.0. The Balaban J connectivity index is 2.25. The zero-order valence-electron chi connectivity index (χ0n) is 13.2. The van der Waals surface area contributed by atoms with E-state index in [0.29, 0.717) is 5.56 Å². The molecule has 0 atom stereocenters. The molecule has 3 heteroatoms. The van der Waals surface area contributed by atoms with Crippen LogP contribution in [-0.4, -0.2) is 10.9 Å². The molecule has 0 aliphatic carbocycles. The molecular weight excluding hydrogens is 289 g/mol. The highest BCUT2D eigenvalue weighted by Crippen LogP contribution is 2.33. The first-order valence-corrected chi connectivity index (χ1v) is 7.63. The van der Waals surface area contributed by atoms with Crippen LogP contribution in [0.5, 0.6) is 0 Å². The maximum Gasteiger partial charge on any atom is 0.152 e. The minimum absolute atomic E-state index is 0.185. The van der Waals surface area contributed by atoms with Gasteiger partial charge in [0.05, 0.1) is 0 Å². The van der Waals surface area contributed by atoms with E-state index in [4.69, 9.17) is 0 Å². The number of hydrogen-bond donors (Lipinski definition) is 0. The second kappa shape index (κ2) is 6.21. The summed E-state index contributed by atoms with van der Waals surface area (Å²) in [5.41, 5.74) is 4.30. The second-order valence-corrected chi connectivity index (χ2v) is 5.83. The van der Waals surface area contributed by atoms with Crippen molar-refractivity contribution in [1.29, 1.82) is 0 Å². The Morgan fingerprint density at radius 1 is 1.00 bits per heavy atom. The van der Waals surface area contributed by atoms with Crippen molar-refractivity contribution in [2.75, 3.05) is 0 Å². The van der Waals surface area contributed by atoms with Gasteiger partial charge < -0.3 is 4.57 Å². The predicted octanol–water partition coefficient (Wildman–Crippen LogP) is 5.22. The highest BCUT2D eigenvalue weighted by atomic mass is 19.1. The van der Waals surface area contributed by atoms with E-state index in [9.17, 15) is 9.18 Å². The largest absolute Gasteiger partial charge is 0.319 e. The van der Waals surface area contributed by atoms with Gasteiger partial charge in [0.15, 0.2) is 6.29 Å². The average molecular weight is 307 g/mol. The van der Waals surface area contributed by atoms with Crippen LogP contribution < -0.4 is 0 Å². The van der Waals surface area contributed by atoms with E-state index in [1.807, 2.05) is 41.1 Å². The van der Waals surface area contributed by atoms with Crippen LogP contribution in [0.2, 0.25) is 0 Å². The summed E-state index contributed by atoms with van der Waals surface area (Å²) in [5, 5.41) is 0. The third kappa shape index (κ3) is 2.82. The van der Waals surface area contributed by atoms with Crippen LogP contribution in [0.1, 0.15) is 35.8 Å². The highest BCUT2D eigenvalue weighted by molar-refractivity contribution is 5.90. The number of nitrogens with zero attached hydrogens (tertiary/aromatic N) is 1. The van der Waals surface area contributed by atoms with Crippen molar-refractivity contribution in [3.8, 4) is 16.8 Å². The third-order valence-corrected chi connectivity index (χ3v) is 3.94. The number of halogens is 1. The summed E-state index contributed by atoms with van der Waals surface area (Å²) < 4.78 is 15.2. The monoisotopic (exact) mass is 307 g/mol. The Morgan fingerprint density at radius 2 is 1.65 bits per heavy atom. The summed E-state index contributed by atoms with van der Waals surface area (Å²) in [5.74, 6) is -0.0995. The zero-order chi connectivity index (χ0) is 16.4. The van der Waals surface area contributed by atoms with Crippen molar-refractivity contribution >= 4 is 6.29 Å². The summed E-state index contributed by atoms with van der Waals surface area (Å²) in [6, 6.07) is 16.2. The molecule has 23 heavy (non-hydrogen) atoms. The summed E-state index contributed by atoms with van der Waals surface area (Å²) in [6.45, 7) is 4.13. The molecule has 0 fully saturated rings.